The minimum atomic E-state index is -0.912. The zero-order chi connectivity index (χ0) is 15.0. The molecule has 0 aromatic carbocycles. The van der Waals surface area contributed by atoms with Gasteiger partial charge in [-0.2, -0.15) is 0 Å². The fourth-order valence-corrected chi connectivity index (χ4v) is 3.22. The van der Waals surface area contributed by atoms with Gasteiger partial charge in [0.1, 0.15) is 0 Å². The summed E-state index contributed by atoms with van der Waals surface area (Å²) in [6, 6.07) is 4.09. The Morgan fingerprint density at radius 3 is 2.90 bits per heavy atom. The van der Waals surface area contributed by atoms with Crippen LogP contribution in [0, 0.1) is 0 Å². The first-order valence-electron chi connectivity index (χ1n) is 6.65. The first-order chi connectivity index (χ1) is 9.43. The van der Waals surface area contributed by atoms with E-state index in [-0.39, 0.29) is 12.5 Å². The zero-order valence-electron chi connectivity index (χ0n) is 11.9. The maximum Gasteiger partial charge on any atom is 0.220 e. The highest BCUT2D eigenvalue weighted by Crippen LogP contribution is 2.23. The Morgan fingerprint density at radius 2 is 2.30 bits per heavy atom. The number of carbonyl (C=O) groups is 1. The van der Waals surface area contributed by atoms with Gasteiger partial charge in [0.05, 0.1) is 9.39 Å². The lowest BCUT2D eigenvalue weighted by Crippen LogP contribution is -2.41. The molecule has 0 saturated heterocycles. The van der Waals surface area contributed by atoms with E-state index < -0.39 is 5.60 Å². The Bertz CT molecular complexity index is 420. The number of aliphatic hydroxyl groups is 1. The molecule has 4 nitrogen and oxygen atoms in total. The fraction of sp³-hybridized carbons (Fsp3) is 0.643. The van der Waals surface area contributed by atoms with E-state index in [2.05, 4.69) is 27.3 Å². The summed E-state index contributed by atoms with van der Waals surface area (Å²) in [5.74, 6) is -0.0155. The Morgan fingerprint density at radius 1 is 1.55 bits per heavy atom. The van der Waals surface area contributed by atoms with Crippen LogP contribution in [0.5, 0.6) is 0 Å². The summed E-state index contributed by atoms with van der Waals surface area (Å²) in [4.78, 5) is 13.0. The van der Waals surface area contributed by atoms with Gasteiger partial charge in [0.25, 0.3) is 0 Å². The van der Waals surface area contributed by atoms with Crippen molar-refractivity contribution in [1.82, 2.24) is 5.32 Å². The van der Waals surface area contributed by atoms with Crippen molar-refractivity contribution in [1.29, 1.82) is 0 Å². The molecule has 1 aromatic heterocycles. The molecule has 114 valence electrons. The van der Waals surface area contributed by atoms with Gasteiger partial charge in [-0.3, -0.25) is 4.79 Å². The van der Waals surface area contributed by atoms with Crippen molar-refractivity contribution >= 4 is 33.2 Å². The van der Waals surface area contributed by atoms with Crippen LogP contribution in [0.2, 0.25) is 0 Å². The third kappa shape index (κ3) is 7.38. The van der Waals surface area contributed by atoms with Gasteiger partial charge in [-0.25, -0.2) is 0 Å². The van der Waals surface area contributed by atoms with Crippen LogP contribution >= 0.6 is 27.3 Å². The van der Waals surface area contributed by atoms with Crippen LogP contribution in [0.1, 0.15) is 31.1 Å². The molecule has 1 heterocycles. The van der Waals surface area contributed by atoms with Gasteiger partial charge in [-0.15, -0.1) is 11.3 Å². The molecule has 0 aliphatic carbocycles. The van der Waals surface area contributed by atoms with Crippen molar-refractivity contribution in [2.75, 3.05) is 20.3 Å². The highest BCUT2D eigenvalue weighted by atomic mass is 79.9. The fourth-order valence-electron chi connectivity index (χ4n) is 1.70. The topological polar surface area (TPSA) is 58.6 Å². The van der Waals surface area contributed by atoms with Crippen LogP contribution < -0.4 is 5.32 Å². The van der Waals surface area contributed by atoms with Crippen LogP contribution in [0.25, 0.3) is 0 Å². The van der Waals surface area contributed by atoms with Crippen molar-refractivity contribution in [3.63, 3.8) is 0 Å². The molecule has 0 saturated carbocycles. The van der Waals surface area contributed by atoms with Crippen molar-refractivity contribution in [2.45, 2.75) is 38.2 Å². The van der Waals surface area contributed by atoms with Gasteiger partial charge in [0, 0.05) is 38.0 Å². The van der Waals surface area contributed by atoms with Crippen LogP contribution in [-0.2, 0) is 16.0 Å². The summed E-state index contributed by atoms with van der Waals surface area (Å²) in [7, 11) is 1.59. The third-order valence-corrected chi connectivity index (χ3v) is 4.65. The van der Waals surface area contributed by atoms with Gasteiger partial charge in [-0.05, 0) is 47.8 Å². The van der Waals surface area contributed by atoms with Gasteiger partial charge < -0.3 is 15.2 Å². The van der Waals surface area contributed by atoms with Crippen molar-refractivity contribution in [3.8, 4) is 0 Å². The molecule has 0 fully saturated rings. The normalized spacial score (nSPS) is 14.0. The second-order valence-corrected chi connectivity index (χ2v) is 7.62. The minimum Gasteiger partial charge on any atom is -0.388 e. The van der Waals surface area contributed by atoms with E-state index in [1.807, 2.05) is 6.07 Å². The number of aryl methyl sites for hydroxylation is 1. The maximum absolute atomic E-state index is 11.7. The summed E-state index contributed by atoms with van der Waals surface area (Å²) in [5, 5.41) is 12.8. The molecular weight excluding hydrogens is 342 g/mol. The average Bonchev–Trinajstić information content (AvgIpc) is 2.80. The molecule has 1 unspecified atom stereocenters. The van der Waals surface area contributed by atoms with Gasteiger partial charge in [-0.1, -0.05) is 0 Å². The van der Waals surface area contributed by atoms with Crippen LogP contribution in [0.15, 0.2) is 15.9 Å². The van der Waals surface area contributed by atoms with Crippen LogP contribution in [0.4, 0.5) is 0 Å². The number of rotatable bonds is 9. The Balaban J connectivity index is 2.17. The van der Waals surface area contributed by atoms with Gasteiger partial charge in [0.2, 0.25) is 5.91 Å². The largest absolute Gasteiger partial charge is 0.388 e. The molecule has 1 amide bonds. The lowest BCUT2D eigenvalue weighted by atomic mass is 10.0. The molecule has 20 heavy (non-hydrogen) atoms. The molecule has 0 aliphatic rings. The van der Waals surface area contributed by atoms with E-state index in [1.54, 1.807) is 25.4 Å². The predicted octanol–water partition coefficient (Wildman–Crippen LogP) is 2.74. The molecule has 6 heteroatoms. The van der Waals surface area contributed by atoms with Crippen molar-refractivity contribution in [2.24, 2.45) is 0 Å². The Hall–Kier alpha value is -0.430. The number of hydrogen-bond acceptors (Lipinski definition) is 4. The second-order valence-electron chi connectivity index (χ2n) is 5.08. The van der Waals surface area contributed by atoms with Crippen molar-refractivity contribution in [3.05, 3.63) is 20.8 Å². The molecule has 1 aromatic rings. The van der Waals surface area contributed by atoms with E-state index in [0.29, 0.717) is 19.4 Å². The molecule has 0 bridgehead atoms. The molecular formula is C14H22BrNO3S. The summed E-state index contributed by atoms with van der Waals surface area (Å²) in [6.45, 7) is 2.45. The average molecular weight is 364 g/mol. The smallest absolute Gasteiger partial charge is 0.220 e. The third-order valence-electron chi connectivity index (χ3n) is 2.97. The molecule has 1 rings (SSSR count). The SMILES string of the molecule is COCCC(C)(O)CNC(=O)CCCc1ccc(Br)s1. The van der Waals surface area contributed by atoms with Gasteiger partial charge in [0.15, 0.2) is 0 Å². The molecule has 0 radical (unpaired) electrons. The van der Waals surface area contributed by atoms with E-state index in [0.717, 1.165) is 16.6 Å². The van der Waals surface area contributed by atoms with Crippen LogP contribution in [-0.4, -0.2) is 36.9 Å². The maximum atomic E-state index is 11.7. The highest BCUT2D eigenvalue weighted by molar-refractivity contribution is 9.11. The minimum absolute atomic E-state index is 0.0155. The number of thiophene rings is 1. The van der Waals surface area contributed by atoms with E-state index in [1.165, 1.54) is 4.88 Å². The number of methoxy groups -OCH3 is 1. The molecule has 2 N–H and O–H groups in total. The summed E-state index contributed by atoms with van der Waals surface area (Å²) in [5.41, 5.74) is -0.912. The number of ether oxygens (including phenoxy) is 1. The molecule has 1 atom stereocenters. The lowest BCUT2D eigenvalue weighted by Gasteiger charge is -2.23. The number of hydrogen-bond donors (Lipinski definition) is 2. The summed E-state index contributed by atoms with van der Waals surface area (Å²) < 4.78 is 6.04. The summed E-state index contributed by atoms with van der Waals surface area (Å²) in [6.07, 6.45) is 2.71. The first-order valence-corrected chi connectivity index (χ1v) is 8.26. The number of carbonyl (C=O) groups excluding carboxylic acids is 1. The number of amides is 1. The van der Waals surface area contributed by atoms with E-state index in [4.69, 9.17) is 4.74 Å². The standard InChI is InChI=1S/C14H22BrNO3S/c1-14(18,8-9-19-2)10-16-13(17)5-3-4-11-6-7-12(15)20-11/h6-7,18H,3-5,8-10H2,1-2H3,(H,16,17). The Labute approximate surface area is 132 Å². The monoisotopic (exact) mass is 363 g/mol. The zero-order valence-corrected chi connectivity index (χ0v) is 14.3. The van der Waals surface area contributed by atoms with Crippen molar-refractivity contribution < 1.29 is 14.6 Å². The summed E-state index contributed by atoms with van der Waals surface area (Å²) >= 11 is 5.12. The van der Waals surface area contributed by atoms with Gasteiger partial charge >= 0.3 is 0 Å². The predicted molar refractivity (Wildman–Crippen MR) is 85.1 cm³/mol. The second kappa shape index (κ2) is 8.77. The lowest BCUT2D eigenvalue weighted by molar-refractivity contribution is -0.122. The Kier molecular flexibility index (Phi) is 7.72. The van der Waals surface area contributed by atoms with E-state index in [9.17, 15) is 9.90 Å². The number of halogens is 1. The van der Waals surface area contributed by atoms with Crippen LogP contribution in [0.3, 0.4) is 0 Å². The molecule has 0 spiro atoms. The van der Waals surface area contributed by atoms with E-state index >= 15 is 0 Å². The molecule has 0 aliphatic heterocycles. The first kappa shape index (κ1) is 17.6. The highest BCUT2D eigenvalue weighted by Gasteiger charge is 2.20. The quantitative estimate of drug-likeness (QED) is 0.709. The number of nitrogens with one attached hydrogen (secondary N) is 1.